The fourth-order valence-corrected chi connectivity index (χ4v) is 3.15. The lowest BCUT2D eigenvalue weighted by atomic mass is 9.91. The van der Waals surface area contributed by atoms with E-state index in [4.69, 9.17) is 4.74 Å². The van der Waals surface area contributed by atoms with Crippen LogP contribution in [0.1, 0.15) is 55.0 Å². The molecule has 2 aromatic rings. The zero-order chi connectivity index (χ0) is 18.0. The van der Waals surface area contributed by atoms with Gasteiger partial charge in [-0.25, -0.2) is 4.98 Å². The van der Waals surface area contributed by atoms with Crippen LogP contribution in [0, 0.1) is 5.92 Å². The zero-order valence-corrected chi connectivity index (χ0v) is 15.5. The lowest BCUT2D eigenvalue weighted by Crippen LogP contribution is -2.36. The van der Waals surface area contributed by atoms with Crippen LogP contribution in [0.2, 0.25) is 0 Å². The SMILES string of the molecule is COc1ccc(C2CCc3nc(C(=O)NC(C)C(C)C)cn3C2)cc1. The van der Waals surface area contributed by atoms with Gasteiger partial charge in [0.25, 0.3) is 5.91 Å². The lowest BCUT2D eigenvalue weighted by Gasteiger charge is -2.24. The number of amides is 1. The zero-order valence-electron chi connectivity index (χ0n) is 15.5. The van der Waals surface area contributed by atoms with E-state index in [2.05, 4.69) is 40.8 Å². The first-order chi connectivity index (χ1) is 12.0. The predicted octanol–water partition coefficient (Wildman–Crippen LogP) is 3.40. The molecule has 0 spiro atoms. The normalized spacial score (nSPS) is 17.9. The van der Waals surface area contributed by atoms with Gasteiger partial charge in [-0.05, 0) is 37.0 Å². The Morgan fingerprint density at radius 1 is 1.28 bits per heavy atom. The van der Waals surface area contributed by atoms with E-state index in [0.29, 0.717) is 17.5 Å². The second-order valence-corrected chi connectivity index (χ2v) is 7.21. The molecule has 2 atom stereocenters. The summed E-state index contributed by atoms with van der Waals surface area (Å²) < 4.78 is 7.36. The fraction of sp³-hybridized carbons (Fsp3) is 0.500. The van der Waals surface area contributed by atoms with E-state index >= 15 is 0 Å². The Morgan fingerprint density at radius 2 is 2.00 bits per heavy atom. The average Bonchev–Trinajstić information content (AvgIpc) is 3.05. The fourth-order valence-electron chi connectivity index (χ4n) is 3.15. The molecule has 2 unspecified atom stereocenters. The van der Waals surface area contributed by atoms with Crippen molar-refractivity contribution in [2.75, 3.05) is 7.11 Å². The van der Waals surface area contributed by atoms with Gasteiger partial charge in [0.2, 0.25) is 0 Å². The maximum atomic E-state index is 12.4. The summed E-state index contributed by atoms with van der Waals surface area (Å²) in [5, 5.41) is 3.03. The molecular weight excluding hydrogens is 314 g/mol. The number of hydrogen-bond acceptors (Lipinski definition) is 3. The maximum absolute atomic E-state index is 12.4. The monoisotopic (exact) mass is 341 g/mol. The molecular formula is C20H27N3O2. The molecule has 1 aliphatic rings. The number of nitrogens with one attached hydrogen (secondary N) is 1. The number of nitrogens with zero attached hydrogens (tertiary/aromatic N) is 2. The second kappa shape index (κ2) is 7.30. The highest BCUT2D eigenvalue weighted by molar-refractivity contribution is 5.92. The van der Waals surface area contributed by atoms with Crippen molar-refractivity contribution in [3.63, 3.8) is 0 Å². The molecule has 2 heterocycles. The highest BCUT2D eigenvalue weighted by Gasteiger charge is 2.24. The molecule has 5 nitrogen and oxygen atoms in total. The van der Waals surface area contributed by atoms with Crippen LogP contribution in [0.3, 0.4) is 0 Å². The summed E-state index contributed by atoms with van der Waals surface area (Å²) in [6, 6.07) is 8.40. The Balaban J connectivity index is 1.71. The first kappa shape index (κ1) is 17.5. The molecule has 134 valence electrons. The van der Waals surface area contributed by atoms with Crippen LogP contribution < -0.4 is 10.1 Å². The minimum absolute atomic E-state index is 0.0795. The quantitative estimate of drug-likeness (QED) is 0.907. The Hall–Kier alpha value is -2.30. The van der Waals surface area contributed by atoms with E-state index < -0.39 is 0 Å². The largest absolute Gasteiger partial charge is 0.497 e. The van der Waals surface area contributed by atoms with E-state index in [1.807, 2.05) is 25.3 Å². The van der Waals surface area contributed by atoms with Crippen molar-refractivity contribution in [2.24, 2.45) is 5.92 Å². The van der Waals surface area contributed by atoms with Gasteiger partial charge in [0.15, 0.2) is 0 Å². The molecule has 0 bridgehead atoms. The first-order valence-electron chi connectivity index (χ1n) is 8.98. The number of aryl methyl sites for hydroxylation is 1. The number of methoxy groups -OCH3 is 1. The lowest BCUT2D eigenvalue weighted by molar-refractivity contribution is 0.0925. The van der Waals surface area contributed by atoms with Crippen molar-refractivity contribution in [1.82, 2.24) is 14.9 Å². The van der Waals surface area contributed by atoms with Gasteiger partial charge in [0.1, 0.15) is 17.3 Å². The van der Waals surface area contributed by atoms with Crippen LogP contribution >= 0.6 is 0 Å². The number of carbonyl (C=O) groups is 1. The molecule has 3 rings (SSSR count). The average molecular weight is 341 g/mol. The van der Waals surface area contributed by atoms with Crippen LogP contribution in [0.4, 0.5) is 0 Å². The van der Waals surface area contributed by atoms with Gasteiger partial charge in [-0.1, -0.05) is 26.0 Å². The molecule has 1 aliphatic heterocycles. The number of aromatic nitrogens is 2. The van der Waals surface area contributed by atoms with Crippen LogP contribution in [-0.4, -0.2) is 28.6 Å². The molecule has 5 heteroatoms. The third kappa shape index (κ3) is 3.86. The third-order valence-electron chi connectivity index (χ3n) is 5.17. The molecule has 1 amide bonds. The maximum Gasteiger partial charge on any atom is 0.271 e. The Bertz CT molecular complexity index is 734. The number of ether oxygens (including phenoxy) is 1. The van der Waals surface area contributed by atoms with Crippen LogP contribution in [-0.2, 0) is 13.0 Å². The van der Waals surface area contributed by atoms with Crippen molar-refractivity contribution >= 4 is 5.91 Å². The number of hydrogen-bond donors (Lipinski definition) is 1. The van der Waals surface area contributed by atoms with Gasteiger partial charge in [-0.2, -0.15) is 0 Å². The van der Waals surface area contributed by atoms with Crippen molar-refractivity contribution in [2.45, 2.75) is 52.1 Å². The van der Waals surface area contributed by atoms with E-state index in [-0.39, 0.29) is 11.9 Å². The molecule has 1 N–H and O–H groups in total. The van der Waals surface area contributed by atoms with Crippen molar-refractivity contribution in [1.29, 1.82) is 0 Å². The first-order valence-corrected chi connectivity index (χ1v) is 8.98. The van der Waals surface area contributed by atoms with Gasteiger partial charge in [-0.3, -0.25) is 4.79 Å². The minimum Gasteiger partial charge on any atom is -0.497 e. The van der Waals surface area contributed by atoms with Crippen molar-refractivity contribution in [3.8, 4) is 5.75 Å². The van der Waals surface area contributed by atoms with E-state index in [0.717, 1.165) is 31.0 Å². The molecule has 0 radical (unpaired) electrons. The summed E-state index contributed by atoms with van der Waals surface area (Å²) in [5.41, 5.74) is 1.83. The predicted molar refractivity (Wildman–Crippen MR) is 98.0 cm³/mol. The summed E-state index contributed by atoms with van der Waals surface area (Å²) in [4.78, 5) is 16.9. The number of fused-ring (bicyclic) bond motifs is 1. The van der Waals surface area contributed by atoms with Gasteiger partial charge in [0, 0.05) is 31.1 Å². The summed E-state index contributed by atoms with van der Waals surface area (Å²) in [6.45, 7) is 7.09. The molecule has 0 aliphatic carbocycles. The van der Waals surface area contributed by atoms with Gasteiger partial charge in [0.05, 0.1) is 7.11 Å². The van der Waals surface area contributed by atoms with E-state index in [1.54, 1.807) is 7.11 Å². The Kier molecular flexibility index (Phi) is 5.11. The highest BCUT2D eigenvalue weighted by atomic mass is 16.5. The number of rotatable bonds is 5. The molecule has 25 heavy (non-hydrogen) atoms. The molecule has 0 saturated carbocycles. The van der Waals surface area contributed by atoms with Crippen molar-refractivity contribution in [3.05, 3.63) is 47.5 Å². The molecule has 1 aromatic heterocycles. The number of benzene rings is 1. The molecule has 0 fully saturated rings. The third-order valence-corrected chi connectivity index (χ3v) is 5.17. The second-order valence-electron chi connectivity index (χ2n) is 7.21. The summed E-state index contributed by atoms with van der Waals surface area (Å²) in [5.74, 6) is 2.65. The van der Waals surface area contributed by atoms with E-state index in [9.17, 15) is 4.79 Å². The summed E-state index contributed by atoms with van der Waals surface area (Å²) >= 11 is 0. The summed E-state index contributed by atoms with van der Waals surface area (Å²) in [7, 11) is 1.68. The number of carbonyl (C=O) groups excluding carboxylic acids is 1. The number of imidazole rings is 1. The molecule has 1 aromatic carbocycles. The minimum atomic E-state index is -0.0795. The van der Waals surface area contributed by atoms with Gasteiger partial charge >= 0.3 is 0 Å². The van der Waals surface area contributed by atoms with Gasteiger partial charge in [-0.15, -0.1) is 0 Å². The van der Waals surface area contributed by atoms with Crippen molar-refractivity contribution < 1.29 is 9.53 Å². The molecule has 0 saturated heterocycles. The van der Waals surface area contributed by atoms with Crippen LogP contribution in [0.5, 0.6) is 5.75 Å². The highest BCUT2D eigenvalue weighted by Crippen LogP contribution is 2.29. The van der Waals surface area contributed by atoms with Crippen LogP contribution in [0.15, 0.2) is 30.5 Å². The smallest absolute Gasteiger partial charge is 0.271 e. The Labute approximate surface area is 149 Å². The van der Waals surface area contributed by atoms with Gasteiger partial charge < -0.3 is 14.6 Å². The van der Waals surface area contributed by atoms with E-state index in [1.165, 1.54) is 5.56 Å². The Morgan fingerprint density at radius 3 is 2.64 bits per heavy atom. The topological polar surface area (TPSA) is 56.1 Å². The summed E-state index contributed by atoms with van der Waals surface area (Å²) in [6.07, 6.45) is 3.84. The van der Waals surface area contributed by atoms with Crippen LogP contribution in [0.25, 0.3) is 0 Å². The standard InChI is InChI=1S/C20H27N3O2/c1-13(2)14(3)21-20(24)18-12-23-11-16(7-10-19(23)22-18)15-5-8-17(25-4)9-6-15/h5-6,8-9,12-14,16H,7,10-11H2,1-4H3,(H,21,24).